The number of halogens is 2. The van der Waals surface area contributed by atoms with Gasteiger partial charge in [-0.1, -0.05) is 83.9 Å². The Morgan fingerprint density at radius 1 is 0.889 bits per heavy atom. The maximum Gasteiger partial charge on any atom is 0.199 e. The van der Waals surface area contributed by atoms with E-state index < -0.39 is 4.33 Å². The molecule has 0 bridgehead atoms. The zero-order valence-electron chi connectivity index (χ0n) is 9.64. The van der Waals surface area contributed by atoms with Crippen molar-refractivity contribution in [1.29, 1.82) is 0 Å². The van der Waals surface area contributed by atoms with Gasteiger partial charge in [0.25, 0.3) is 0 Å². The summed E-state index contributed by atoms with van der Waals surface area (Å²) in [5.41, 5.74) is 1.46. The van der Waals surface area contributed by atoms with Crippen molar-refractivity contribution < 1.29 is 4.79 Å². The average molecular weight is 279 g/mol. The number of ketones is 1. The van der Waals surface area contributed by atoms with Crippen LogP contribution in [0.5, 0.6) is 0 Å². The van der Waals surface area contributed by atoms with Gasteiger partial charge < -0.3 is 0 Å². The number of hydrogen-bond donors (Lipinski definition) is 0. The summed E-state index contributed by atoms with van der Waals surface area (Å²) >= 11 is 12.3. The minimum absolute atomic E-state index is 0.268. The molecule has 0 heterocycles. The van der Waals surface area contributed by atoms with Crippen LogP contribution in [-0.4, -0.2) is 10.1 Å². The predicted molar refractivity (Wildman–Crippen MR) is 75.4 cm³/mol. The maximum absolute atomic E-state index is 12.2. The third kappa shape index (κ3) is 3.12. The molecule has 0 amide bonds. The monoisotopic (exact) mass is 278 g/mol. The van der Waals surface area contributed by atoms with Gasteiger partial charge in [0.05, 0.1) is 0 Å². The van der Waals surface area contributed by atoms with Gasteiger partial charge in [0.1, 0.15) is 0 Å². The first-order valence-corrected chi connectivity index (χ1v) is 6.37. The van der Waals surface area contributed by atoms with Gasteiger partial charge in [0.2, 0.25) is 0 Å². The highest BCUT2D eigenvalue weighted by molar-refractivity contribution is 6.60. The van der Waals surface area contributed by atoms with E-state index in [4.69, 9.17) is 23.2 Å². The number of rotatable bonds is 4. The molecule has 92 valence electrons. The molecule has 0 saturated carbocycles. The standard InChI is InChI=1S/C15H12Cl2O/c16-15(17,11-12-7-3-1-4-8-12)14(18)13-9-5-2-6-10-13/h1-10H,11H2. The highest BCUT2D eigenvalue weighted by Gasteiger charge is 2.34. The SMILES string of the molecule is O=C(c1ccccc1)C(Cl)(Cl)Cc1ccccc1. The second kappa shape index (κ2) is 5.55. The van der Waals surface area contributed by atoms with Gasteiger partial charge in [0.15, 0.2) is 10.1 Å². The largest absolute Gasteiger partial charge is 0.291 e. The highest BCUT2D eigenvalue weighted by atomic mass is 35.5. The van der Waals surface area contributed by atoms with Crippen LogP contribution >= 0.6 is 23.2 Å². The van der Waals surface area contributed by atoms with Crippen molar-refractivity contribution in [1.82, 2.24) is 0 Å². The minimum Gasteiger partial charge on any atom is -0.291 e. The summed E-state index contributed by atoms with van der Waals surface area (Å²) in [5.74, 6) is -0.268. The first kappa shape index (κ1) is 13.1. The summed E-state index contributed by atoms with van der Waals surface area (Å²) in [5, 5.41) is 0. The summed E-state index contributed by atoms with van der Waals surface area (Å²) in [6, 6.07) is 18.4. The number of carbonyl (C=O) groups is 1. The Kier molecular flexibility index (Phi) is 4.05. The van der Waals surface area contributed by atoms with Gasteiger partial charge >= 0.3 is 0 Å². The van der Waals surface area contributed by atoms with Crippen LogP contribution in [0.3, 0.4) is 0 Å². The average Bonchev–Trinajstić information content (AvgIpc) is 2.39. The van der Waals surface area contributed by atoms with E-state index >= 15 is 0 Å². The first-order valence-electron chi connectivity index (χ1n) is 5.61. The molecule has 0 spiro atoms. The highest BCUT2D eigenvalue weighted by Crippen LogP contribution is 2.30. The molecule has 0 unspecified atom stereocenters. The molecule has 2 aromatic carbocycles. The number of carbonyl (C=O) groups excluding carboxylic acids is 1. The first-order chi connectivity index (χ1) is 8.59. The minimum atomic E-state index is -1.43. The van der Waals surface area contributed by atoms with Gasteiger partial charge in [-0.15, -0.1) is 0 Å². The van der Waals surface area contributed by atoms with Crippen molar-refractivity contribution in [2.45, 2.75) is 10.8 Å². The van der Waals surface area contributed by atoms with E-state index in [1.165, 1.54) is 0 Å². The lowest BCUT2D eigenvalue weighted by atomic mass is 10.0. The van der Waals surface area contributed by atoms with Crippen LogP contribution in [0.2, 0.25) is 0 Å². The molecule has 0 radical (unpaired) electrons. The Hall–Kier alpha value is -1.31. The summed E-state index contributed by atoms with van der Waals surface area (Å²) in [7, 11) is 0. The Balaban J connectivity index is 2.19. The second-order valence-corrected chi connectivity index (χ2v) is 5.55. The molecule has 3 heteroatoms. The summed E-state index contributed by atoms with van der Waals surface area (Å²) in [6.07, 6.45) is 0.296. The Morgan fingerprint density at radius 3 is 1.94 bits per heavy atom. The number of alkyl halides is 2. The van der Waals surface area contributed by atoms with E-state index in [2.05, 4.69) is 0 Å². The molecule has 0 saturated heterocycles. The van der Waals surface area contributed by atoms with Gasteiger partial charge in [0, 0.05) is 12.0 Å². The van der Waals surface area contributed by atoms with Gasteiger partial charge in [-0.25, -0.2) is 0 Å². The van der Waals surface area contributed by atoms with Gasteiger partial charge in [-0.3, -0.25) is 4.79 Å². The van der Waals surface area contributed by atoms with Gasteiger partial charge in [-0.2, -0.15) is 0 Å². The van der Waals surface area contributed by atoms with Crippen LogP contribution < -0.4 is 0 Å². The Labute approximate surface area is 116 Å². The third-order valence-corrected chi connectivity index (χ3v) is 3.25. The van der Waals surface area contributed by atoms with Crippen LogP contribution in [0.25, 0.3) is 0 Å². The van der Waals surface area contributed by atoms with Crippen LogP contribution in [0.15, 0.2) is 60.7 Å². The van der Waals surface area contributed by atoms with E-state index in [0.29, 0.717) is 12.0 Å². The van der Waals surface area contributed by atoms with Crippen molar-refractivity contribution >= 4 is 29.0 Å². The fraction of sp³-hybridized carbons (Fsp3) is 0.133. The van der Waals surface area contributed by atoms with Crippen molar-refractivity contribution in [2.75, 3.05) is 0 Å². The van der Waals surface area contributed by atoms with Crippen LogP contribution in [0.1, 0.15) is 15.9 Å². The third-order valence-electron chi connectivity index (χ3n) is 2.64. The van der Waals surface area contributed by atoms with E-state index in [-0.39, 0.29) is 5.78 Å². The summed E-state index contributed by atoms with van der Waals surface area (Å²) < 4.78 is -1.43. The van der Waals surface area contributed by atoms with E-state index in [0.717, 1.165) is 5.56 Å². The molecule has 1 nitrogen and oxygen atoms in total. The smallest absolute Gasteiger partial charge is 0.199 e. The number of Topliss-reactive ketones (excluding diaryl/α,β-unsaturated/α-hetero) is 1. The molecule has 0 N–H and O–H groups in total. The molecule has 0 aliphatic heterocycles. The molecule has 0 aliphatic rings. The number of hydrogen-bond acceptors (Lipinski definition) is 1. The lowest BCUT2D eigenvalue weighted by Gasteiger charge is -2.18. The fourth-order valence-corrected chi connectivity index (χ4v) is 2.26. The zero-order chi connectivity index (χ0) is 13.0. The topological polar surface area (TPSA) is 17.1 Å². The molecular formula is C15H12Cl2O. The van der Waals surface area contributed by atoms with E-state index in [1.807, 2.05) is 36.4 Å². The molecule has 2 aromatic rings. The molecule has 0 aromatic heterocycles. The van der Waals surface area contributed by atoms with Crippen molar-refractivity contribution in [3.05, 3.63) is 71.8 Å². The molecule has 2 rings (SSSR count). The van der Waals surface area contributed by atoms with Crippen LogP contribution in [0, 0.1) is 0 Å². The summed E-state index contributed by atoms with van der Waals surface area (Å²) in [6.45, 7) is 0. The predicted octanol–water partition coefficient (Wildman–Crippen LogP) is 4.29. The summed E-state index contributed by atoms with van der Waals surface area (Å²) in [4.78, 5) is 12.2. The van der Waals surface area contributed by atoms with E-state index in [1.54, 1.807) is 24.3 Å². The fourth-order valence-electron chi connectivity index (χ4n) is 1.73. The van der Waals surface area contributed by atoms with Crippen LogP contribution in [0.4, 0.5) is 0 Å². The van der Waals surface area contributed by atoms with Crippen molar-refractivity contribution in [2.24, 2.45) is 0 Å². The Bertz CT molecular complexity index is 521. The zero-order valence-corrected chi connectivity index (χ0v) is 11.2. The molecule has 0 aliphatic carbocycles. The quantitative estimate of drug-likeness (QED) is 0.603. The molecular weight excluding hydrogens is 267 g/mol. The Morgan fingerprint density at radius 2 is 1.39 bits per heavy atom. The van der Waals surface area contributed by atoms with Crippen molar-refractivity contribution in [3.63, 3.8) is 0 Å². The second-order valence-electron chi connectivity index (χ2n) is 4.06. The maximum atomic E-state index is 12.2. The van der Waals surface area contributed by atoms with Crippen LogP contribution in [-0.2, 0) is 6.42 Å². The molecule has 0 atom stereocenters. The molecule has 0 fully saturated rings. The number of benzene rings is 2. The van der Waals surface area contributed by atoms with Gasteiger partial charge in [-0.05, 0) is 5.56 Å². The lowest BCUT2D eigenvalue weighted by molar-refractivity contribution is 0.0972. The normalized spacial score (nSPS) is 11.2. The van der Waals surface area contributed by atoms with Crippen molar-refractivity contribution in [3.8, 4) is 0 Å². The van der Waals surface area contributed by atoms with E-state index in [9.17, 15) is 4.79 Å². The molecule has 18 heavy (non-hydrogen) atoms. The lowest BCUT2D eigenvalue weighted by Crippen LogP contribution is -2.28.